The molecular weight excluding hydrogens is 556 g/mol. The van der Waals surface area contributed by atoms with Crippen LogP contribution >= 0.6 is 0 Å². The van der Waals surface area contributed by atoms with Crippen molar-refractivity contribution in [2.24, 2.45) is 5.73 Å². The van der Waals surface area contributed by atoms with Gasteiger partial charge in [0, 0.05) is 13.5 Å². The zero-order valence-corrected chi connectivity index (χ0v) is 25.7. The number of hydrogen-bond donors (Lipinski definition) is 4. The second-order valence-electron chi connectivity index (χ2n) is 12.1. The SMILES string of the molecule is CN(C(=O)C(CC(N)=O)NC(=O)OC(C)(C)C)C(C(=O)NC(Cc1ccccc1)C(=O)OC(C)(C)C)c1cccc(O)c1. The predicted molar refractivity (Wildman–Crippen MR) is 159 cm³/mol. The Morgan fingerprint density at radius 1 is 0.860 bits per heavy atom. The lowest BCUT2D eigenvalue weighted by atomic mass is 10.0. The fourth-order valence-electron chi connectivity index (χ4n) is 4.14. The molecule has 0 bridgehead atoms. The number of likely N-dealkylation sites (N-methyl/N-ethyl adjacent to an activating group) is 1. The van der Waals surface area contributed by atoms with Crippen LogP contribution in [-0.2, 0) is 35.1 Å². The van der Waals surface area contributed by atoms with E-state index in [-0.39, 0.29) is 17.7 Å². The molecule has 0 saturated heterocycles. The number of amides is 4. The van der Waals surface area contributed by atoms with Gasteiger partial charge in [-0.1, -0.05) is 42.5 Å². The quantitative estimate of drug-likeness (QED) is 0.285. The number of primary amides is 1. The van der Waals surface area contributed by atoms with Gasteiger partial charge in [0.25, 0.3) is 0 Å². The second kappa shape index (κ2) is 14.5. The van der Waals surface area contributed by atoms with E-state index in [0.29, 0.717) is 0 Å². The van der Waals surface area contributed by atoms with Crippen molar-refractivity contribution in [1.82, 2.24) is 15.5 Å². The van der Waals surface area contributed by atoms with Crippen LogP contribution in [0.25, 0.3) is 0 Å². The third-order valence-corrected chi connectivity index (χ3v) is 5.85. The zero-order chi connectivity index (χ0) is 32.5. The zero-order valence-electron chi connectivity index (χ0n) is 25.7. The molecule has 0 aromatic heterocycles. The highest BCUT2D eigenvalue weighted by atomic mass is 16.6. The van der Waals surface area contributed by atoms with E-state index in [1.807, 2.05) is 6.07 Å². The molecule has 0 fully saturated rings. The van der Waals surface area contributed by atoms with Crippen LogP contribution < -0.4 is 16.4 Å². The fourth-order valence-corrected chi connectivity index (χ4v) is 4.14. The summed E-state index contributed by atoms with van der Waals surface area (Å²) in [7, 11) is 1.29. The summed E-state index contributed by atoms with van der Waals surface area (Å²) in [5.41, 5.74) is 4.57. The summed E-state index contributed by atoms with van der Waals surface area (Å²) in [4.78, 5) is 66.1. The van der Waals surface area contributed by atoms with Crippen molar-refractivity contribution in [1.29, 1.82) is 0 Å². The first-order valence-electron chi connectivity index (χ1n) is 13.8. The van der Waals surface area contributed by atoms with E-state index in [9.17, 15) is 29.1 Å². The number of esters is 1. The number of phenolic OH excluding ortho intramolecular Hbond substituents is 1. The maximum Gasteiger partial charge on any atom is 0.408 e. The largest absolute Gasteiger partial charge is 0.508 e. The molecule has 0 radical (unpaired) electrons. The predicted octanol–water partition coefficient (Wildman–Crippen LogP) is 2.73. The van der Waals surface area contributed by atoms with Crippen LogP contribution in [0.3, 0.4) is 0 Å². The van der Waals surface area contributed by atoms with Gasteiger partial charge in [0.15, 0.2) is 0 Å². The summed E-state index contributed by atoms with van der Waals surface area (Å²) in [6.45, 7) is 9.98. The smallest absolute Gasteiger partial charge is 0.408 e. The van der Waals surface area contributed by atoms with Gasteiger partial charge in [0.2, 0.25) is 17.7 Å². The average Bonchev–Trinajstić information content (AvgIpc) is 2.86. The van der Waals surface area contributed by atoms with Gasteiger partial charge in [-0.15, -0.1) is 0 Å². The molecule has 0 saturated carbocycles. The number of alkyl carbamates (subject to hydrolysis) is 1. The van der Waals surface area contributed by atoms with Crippen molar-refractivity contribution in [2.75, 3.05) is 7.05 Å². The number of ether oxygens (including phenoxy) is 2. The molecule has 43 heavy (non-hydrogen) atoms. The highest BCUT2D eigenvalue weighted by Crippen LogP contribution is 2.25. The molecule has 4 amide bonds. The lowest BCUT2D eigenvalue weighted by molar-refractivity contribution is -0.159. The summed E-state index contributed by atoms with van der Waals surface area (Å²) in [5.74, 6) is -3.36. The van der Waals surface area contributed by atoms with Crippen LogP contribution in [0, 0.1) is 0 Å². The topological polar surface area (TPSA) is 177 Å². The molecule has 0 aliphatic rings. The number of benzene rings is 2. The molecule has 2 aromatic rings. The number of nitrogens with one attached hydrogen (secondary N) is 2. The number of hydrogen-bond acceptors (Lipinski definition) is 8. The molecule has 0 spiro atoms. The van der Waals surface area contributed by atoms with Crippen molar-refractivity contribution < 1.29 is 38.6 Å². The highest BCUT2D eigenvalue weighted by molar-refractivity contribution is 5.95. The van der Waals surface area contributed by atoms with Crippen molar-refractivity contribution in [3.05, 3.63) is 65.7 Å². The monoisotopic (exact) mass is 598 g/mol. The van der Waals surface area contributed by atoms with Crippen LogP contribution in [0.1, 0.15) is 65.1 Å². The standard InChI is InChI=1S/C31H42N4O8/c1-30(2,3)42-28(40)23(16-19-12-9-8-10-13-19)33-26(38)25(20-14-11-15-21(36)17-20)35(7)27(39)22(18-24(32)37)34-29(41)43-31(4,5)6/h8-15,17,22-23,25,36H,16,18H2,1-7H3,(H2,32,37)(H,33,38)(H,34,41). The average molecular weight is 599 g/mol. The molecule has 0 aliphatic carbocycles. The minimum atomic E-state index is -1.48. The molecule has 0 heterocycles. The first-order chi connectivity index (χ1) is 19.9. The van der Waals surface area contributed by atoms with Crippen molar-refractivity contribution in [2.45, 2.75) is 83.7 Å². The Kier molecular flexibility index (Phi) is 11.7. The number of nitrogens with two attached hydrogens (primary N) is 1. The van der Waals surface area contributed by atoms with Crippen LogP contribution in [-0.4, -0.2) is 70.1 Å². The Balaban J connectivity index is 2.47. The van der Waals surface area contributed by atoms with Gasteiger partial charge in [0.1, 0.15) is 35.1 Å². The molecule has 3 unspecified atom stereocenters. The van der Waals surface area contributed by atoms with Crippen LogP contribution in [0.5, 0.6) is 5.75 Å². The third kappa shape index (κ3) is 11.7. The Hall–Kier alpha value is -4.61. The first kappa shape index (κ1) is 34.6. The maximum absolute atomic E-state index is 13.9. The minimum absolute atomic E-state index is 0.0937. The normalized spacial score (nSPS) is 13.6. The highest BCUT2D eigenvalue weighted by Gasteiger charge is 2.37. The number of carbonyl (C=O) groups is 5. The van der Waals surface area contributed by atoms with E-state index in [1.54, 1.807) is 65.8 Å². The molecule has 5 N–H and O–H groups in total. The lowest BCUT2D eigenvalue weighted by Gasteiger charge is -2.32. The van der Waals surface area contributed by atoms with Gasteiger partial charge in [0.05, 0.1) is 6.42 Å². The van der Waals surface area contributed by atoms with Gasteiger partial charge >= 0.3 is 12.1 Å². The van der Waals surface area contributed by atoms with Crippen molar-refractivity contribution >= 4 is 29.8 Å². The third-order valence-electron chi connectivity index (χ3n) is 5.85. The summed E-state index contributed by atoms with van der Waals surface area (Å²) >= 11 is 0. The van der Waals surface area contributed by atoms with E-state index in [4.69, 9.17) is 15.2 Å². The summed E-state index contributed by atoms with van der Waals surface area (Å²) in [6, 6.07) is 10.6. The molecule has 12 heteroatoms. The second-order valence-corrected chi connectivity index (χ2v) is 12.1. The van der Waals surface area contributed by atoms with Gasteiger partial charge in [-0.05, 0) is 64.8 Å². The Morgan fingerprint density at radius 3 is 2.00 bits per heavy atom. The summed E-state index contributed by atoms with van der Waals surface area (Å²) in [5, 5.41) is 15.2. The number of aromatic hydroxyl groups is 1. The van der Waals surface area contributed by atoms with Gasteiger partial charge < -0.3 is 35.8 Å². The Bertz CT molecular complexity index is 1300. The summed E-state index contributed by atoms with van der Waals surface area (Å²) in [6.07, 6.45) is -1.45. The number of nitrogens with zero attached hydrogens (tertiary/aromatic N) is 1. The van der Waals surface area contributed by atoms with Crippen molar-refractivity contribution in [3.63, 3.8) is 0 Å². The van der Waals surface area contributed by atoms with E-state index in [0.717, 1.165) is 10.5 Å². The van der Waals surface area contributed by atoms with Crippen LogP contribution in [0.15, 0.2) is 54.6 Å². The van der Waals surface area contributed by atoms with E-state index < -0.39 is 65.5 Å². The molecule has 2 rings (SSSR count). The van der Waals surface area contributed by atoms with Crippen LogP contribution in [0.4, 0.5) is 4.79 Å². The lowest BCUT2D eigenvalue weighted by Crippen LogP contribution is -2.54. The van der Waals surface area contributed by atoms with Gasteiger partial charge in [-0.2, -0.15) is 0 Å². The van der Waals surface area contributed by atoms with Gasteiger partial charge in [-0.25, -0.2) is 9.59 Å². The van der Waals surface area contributed by atoms with Gasteiger partial charge in [-0.3, -0.25) is 14.4 Å². The fraction of sp³-hybridized carbons (Fsp3) is 0.452. The van der Waals surface area contributed by atoms with Crippen molar-refractivity contribution in [3.8, 4) is 5.75 Å². The molecule has 12 nitrogen and oxygen atoms in total. The molecule has 0 aliphatic heterocycles. The molecular formula is C31H42N4O8. The maximum atomic E-state index is 13.9. The number of phenols is 1. The Labute approximate surface area is 251 Å². The Morgan fingerprint density at radius 2 is 1.47 bits per heavy atom. The number of rotatable bonds is 11. The summed E-state index contributed by atoms with van der Waals surface area (Å²) < 4.78 is 10.8. The molecule has 3 atom stereocenters. The van der Waals surface area contributed by atoms with Crippen LogP contribution in [0.2, 0.25) is 0 Å². The molecule has 2 aromatic carbocycles. The number of carbonyl (C=O) groups excluding carboxylic acids is 5. The minimum Gasteiger partial charge on any atom is -0.508 e. The first-order valence-corrected chi connectivity index (χ1v) is 13.8. The van der Waals surface area contributed by atoms with E-state index >= 15 is 0 Å². The van der Waals surface area contributed by atoms with E-state index in [2.05, 4.69) is 10.6 Å². The van der Waals surface area contributed by atoms with E-state index in [1.165, 1.54) is 31.3 Å². The molecule has 234 valence electrons.